The van der Waals surface area contributed by atoms with Crippen molar-refractivity contribution in [3.05, 3.63) is 33.4 Å². The molecule has 0 atom stereocenters. The van der Waals surface area contributed by atoms with Crippen molar-refractivity contribution in [3.8, 4) is 17.5 Å². The van der Waals surface area contributed by atoms with Gasteiger partial charge < -0.3 is 10.2 Å². The van der Waals surface area contributed by atoms with E-state index < -0.39 is 0 Å². The number of benzene rings is 1. The Morgan fingerprint density at radius 2 is 2.25 bits per heavy atom. The van der Waals surface area contributed by atoms with Crippen molar-refractivity contribution in [2.45, 2.75) is 0 Å². The summed E-state index contributed by atoms with van der Waals surface area (Å²) in [7, 11) is 0. The number of anilines is 1. The summed E-state index contributed by atoms with van der Waals surface area (Å²) >= 11 is 9.21. The molecule has 16 heavy (non-hydrogen) atoms. The van der Waals surface area contributed by atoms with Crippen molar-refractivity contribution in [1.29, 1.82) is 5.26 Å². The predicted octanol–water partition coefficient (Wildman–Crippen LogP) is 3.21. The summed E-state index contributed by atoms with van der Waals surface area (Å²) < 4.78 is 5.93. The fourth-order valence-electron chi connectivity index (χ4n) is 1.16. The van der Waals surface area contributed by atoms with Crippen LogP contribution in [-0.2, 0) is 0 Å². The topological polar surface area (TPSA) is 75.8 Å². The highest BCUT2D eigenvalue weighted by Crippen LogP contribution is 2.29. The standard InChI is InChI=1S/C10H5BrClN3O/c11-6-2-1-5(3-7(6)12)10-15-8(4-13)9(14)16-10/h1-3H,14H2. The van der Waals surface area contributed by atoms with Gasteiger partial charge >= 0.3 is 0 Å². The molecule has 0 aliphatic rings. The summed E-state index contributed by atoms with van der Waals surface area (Å²) in [6, 6.07) is 7.05. The Labute approximate surface area is 105 Å². The number of nitriles is 1. The highest BCUT2D eigenvalue weighted by molar-refractivity contribution is 9.10. The van der Waals surface area contributed by atoms with E-state index in [-0.39, 0.29) is 17.5 Å². The van der Waals surface area contributed by atoms with Crippen molar-refractivity contribution in [3.63, 3.8) is 0 Å². The van der Waals surface area contributed by atoms with Crippen molar-refractivity contribution in [2.24, 2.45) is 0 Å². The first-order valence-corrected chi connectivity index (χ1v) is 5.40. The molecule has 0 saturated heterocycles. The van der Waals surface area contributed by atoms with Gasteiger partial charge in [-0.05, 0) is 34.1 Å². The monoisotopic (exact) mass is 297 g/mol. The lowest BCUT2D eigenvalue weighted by Gasteiger charge is -1.98. The molecule has 0 fully saturated rings. The van der Waals surface area contributed by atoms with Crippen LogP contribution in [-0.4, -0.2) is 4.98 Å². The van der Waals surface area contributed by atoms with E-state index in [4.69, 9.17) is 27.0 Å². The molecule has 80 valence electrons. The van der Waals surface area contributed by atoms with Gasteiger partial charge in [0, 0.05) is 10.0 Å². The van der Waals surface area contributed by atoms with E-state index in [0.29, 0.717) is 10.6 Å². The Kier molecular flexibility index (Phi) is 2.86. The molecular weight excluding hydrogens is 293 g/mol. The van der Waals surface area contributed by atoms with Gasteiger partial charge in [-0.1, -0.05) is 11.6 Å². The summed E-state index contributed by atoms with van der Waals surface area (Å²) in [4.78, 5) is 3.94. The summed E-state index contributed by atoms with van der Waals surface area (Å²) in [6.07, 6.45) is 0. The third-order valence-electron chi connectivity index (χ3n) is 1.93. The number of nitrogens with two attached hydrogens (primary N) is 1. The zero-order valence-electron chi connectivity index (χ0n) is 7.87. The number of rotatable bonds is 1. The molecule has 0 amide bonds. The number of aromatic nitrogens is 1. The Hall–Kier alpha value is -1.51. The van der Waals surface area contributed by atoms with Crippen LogP contribution in [0.1, 0.15) is 5.69 Å². The molecule has 1 heterocycles. The quantitative estimate of drug-likeness (QED) is 0.877. The van der Waals surface area contributed by atoms with Crippen molar-refractivity contribution >= 4 is 33.4 Å². The third-order valence-corrected chi connectivity index (χ3v) is 3.16. The van der Waals surface area contributed by atoms with Crippen LogP contribution in [0.5, 0.6) is 0 Å². The second kappa shape index (κ2) is 4.16. The maximum absolute atomic E-state index is 8.69. The second-order valence-electron chi connectivity index (χ2n) is 2.97. The molecule has 0 bridgehead atoms. The average Bonchev–Trinajstić information content (AvgIpc) is 2.64. The first kappa shape index (κ1) is 11.0. The number of halogens is 2. The van der Waals surface area contributed by atoms with E-state index in [1.54, 1.807) is 18.2 Å². The molecule has 1 aromatic heterocycles. The van der Waals surface area contributed by atoms with E-state index >= 15 is 0 Å². The molecule has 0 aliphatic heterocycles. The second-order valence-corrected chi connectivity index (χ2v) is 4.23. The maximum atomic E-state index is 8.69. The predicted molar refractivity (Wildman–Crippen MR) is 63.8 cm³/mol. The molecule has 0 radical (unpaired) electrons. The van der Waals surface area contributed by atoms with Crippen LogP contribution in [0, 0.1) is 11.3 Å². The molecular formula is C10H5BrClN3O. The van der Waals surface area contributed by atoms with Crippen molar-refractivity contribution < 1.29 is 4.42 Å². The Balaban J connectivity index is 2.51. The van der Waals surface area contributed by atoms with Crippen LogP contribution in [0.15, 0.2) is 27.1 Å². The van der Waals surface area contributed by atoms with Gasteiger partial charge in [-0.15, -0.1) is 0 Å². The molecule has 4 nitrogen and oxygen atoms in total. The maximum Gasteiger partial charge on any atom is 0.230 e. The van der Waals surface area contributed by atoms with E-state index in [0.717, 1.165) is 4.47 Å². The van der Waals surface area contributed by atoms with E-state index in [9.17, 15) is 0 Å². The molecule has 0 spiro atoms. The first-order chi connectivity index (χ1) is 7.61. The van der Waals surface area contributed by atoms with Crippen LogP contribution in [0.4, 0.5) is 5.88 Å². The lowest BCUT2D eigenvalue weighted by Crippen LogP contribution is -1.84. The van der Waals surface area contributed by atoms with Crippen LogP contribution >= 0.6 is 27.5 Å². The molecule has 1 aromatic carbocycles. The van der Waals surface area contributed by atoms with Crippen LogP contribution in [0.2, 0.25) is 5.02 Å². The first-order valence-electron chi connectivity index (χ1n) is 4.23. The minimum absolute atomic E-state index is 0.0107. The summed E-state index contributed by atoms with van der Waals surface area (Å²) in [6.45, 7) is 0. The van der Waals surface area contributed by atoms with E-state index in [1.165, 1.54) is 0 Å². The van der Waals surface area contributed by atoms with Gasteiger partial charge in [-0.2, -0.15) is 10.2 Å². The van der Waals surface area contributed by atoms with Gasteiger partial charge in [-0.25, -0.2) is 0 Å². The molecule has 2 aromatic rings. The highest BCUT2D eigenvalue weighted by Gasteiger charge is 2.12. The van der Waals surface area contributed by atoms with E-state index in [2.05, 4.69) is 20.9 Å². The van der Waals surface area contributed by atoms with Gasteiger partial charge in [0.25, 0.3) is 0 Å². The number of hydrogen-bond donors (Lipinski definition) is 1. The summed E-state index contributed by atoms with van der Waals surface area (Å²) in [5, 5.41) is 9.23. The van der Waals surface area contributed by atoms with Crippen LogP contribution in [0.25, 0.3) is 11.5 Å². The summed E-state index contributed by atoms with van der Waals surface area (Å²) in [5.74, 6) is 0.292. The normalized spacial score (nSPS) is 10.1. The zero-order chi connectivity index (χ0) is 11.7. The van der Waals surface area contributed by atoms with Gasteiger partial charge in [0.2, 0.25) is 17.5 Å². The number of oxazole rings is 1. The molecule has 2 rings (SSSR count). The van der Waals surface area contributed by atoms with Crippen LogP contribution in [0.3, 0.4) is 0 Å². The van der Waals surface area contributed by atoms with E-state index in [1.807, 2.05) is 6.07 Å². The zero-order valence-corrected chi connectivity index (χ0v) is 10.2. The van der Waals surface area contributed by atoms with Gasteiger partial charge in [0.1, 0.15) is 6.07 Å². The molecule has 2 N–H and O–H groups in total. The number of nitrogens with zero attached hydrogens (tertiary/aromatic N) is 2. The lowest BCUT2D eigenvalue weighted by molar-refractivity contribution is 0.593. The van der Waals surface area contributed by atoms with Gasteiger partial charge in [0.05, 0.1) is 5.02 Å². The highest BCUT2D eigenvalue weighted by atomic mass is 79.9. The Bertz CT molecular complexity index is 588. The minimum Gasteiger partial charge on any atom is -0.419 e. The molecule has 0 saturated carbocycles. The third kappa shape index (κ3) is 1.90. The molecule has 0 unspecified atom stereocenters. The largest absolute Gasteiger partial charge is 0.419 e. The van der Waals surface area contributed by atoms with Crippen LogP contribution < -0.4 is 5.73 Å². The number of hydrogen-bond acceptors (Lipinski definition) is 4. The average molecular weight is 299 g/mol. The SMILES string of the molecule is N#Cc1nc(-c2ccc(Br)c(Cl)c2)oc1N. The Morgan fingerprint density at radius 3 is 2.81 bits per heavy atom. The minimum atomic E-state index is 0.0107. The molecule has 0 aliphatic carbocycles. The van der Waals surface area contributed by atoms with Crippen molar-refractivity contribution in [1.82, 2.24) is 4.98 Å². The van der Waals surface area contributed by atoms with Gasteiger partial charge in [0.15, 0.2) is 0 Å². The summed E-state index contributed by atoms with van der Waals surface area (Å²) in [5.41, 5.74) is 6.21. The fraction of sp³-hybridized carbons (Fsp3) is 0. The lowest BCUT2D eigenvalue weighted by atomic mass is 10.2. The van der Waals surface area contributed by atoms with Gasteiger partial charge in [-0.3, -0.25) is 0 Å². The van der Waals surface area contributed by atoms with Crippen molar-refractivity contribution in [2.75, 3.05) is 5.73 Å². The number of nitrogen functional groups attached to an aromatic ring is 1. The fourth-order valence-corrected chi connectivity index (χ4v) is 1.59. The molecule has 6 heteroatoms. The Morgan fingerprint density at radius 1 is 1.50 bits per heavy atom. The smallest absolute Gasteiger partial charge is 0.230 e.